The molecule has 1 aliphatic rings. The first kappa shape index (κ1) is 17.5. The quantitative estimate of drug-likeness (QED) is 0.798. The fourth-order valence-corrected chi connectivity index (χ4v) is 5.63. The second-order valence-electron chi connectivity index (χ2n) is 6.67. The van der Waals surface area contributed by atoms with Gasteiger partial charge in [0.15, 0.2) is 9.84 Å². The lowest BCUT2D eigenvalue weighted by atomic mass is 10.0. The van der Waals surface area contributed by atoms with Gasteiger partial charge in [0, 0.05) is 17.8 Å². The number of sulfone groups is 1. The lowest BCUT2D eigenvalue weighted by molar-refractivity contribution is -0.133. The number of nitrogens with zero attached hydrogens (tertiary/aromatic N) is 1. The standard InChI is InChI=1S/C16H25NO3S2/c1-12(2)9-17(10-15-13(3)4-6-21-15)16(18)8-14-5-7-22(19,20)11-14/h4,6,12,14H,5,7-11H2,1-3H3/t14-/m1/s1. The van der Waals surface area contributed by atoms with Crippen LogP contribution in [0.25, 0.3) is 0 Å². The van der Waals surface area contributed by atoms with E-state index in [0.717, 1.165) is 6.54 Å². The molecule has 1 amide bonds. The van der Waals surface area contributed by atoms with Crippen molar-refractivity contribution in [2.45, 2.75) is 40.2 Å². The summed E-state index contributed by atoms with van der Waals surface area (Å²) in [6.45, 7) is 7.62. The first-order chi connectivity index (χ1) is 10.3. The van der Waals surface area contributed by atoms with E-state index in [2.05, 4.69) is 26.8 Å². The van der Waals surface area contributed by atoms with Crippen LogP contribution in [0.5, 0.6) is 0 Å². The summed E-state index contributed by atoms with van der Waals surface area (Å²) in [6.07, 6.45) is 0.984. The Hall–Kier alpha value is -0.880. The number of carbonyl (C=O) groups is 1. The maximum absolute atomic E-state index is 12.6. The molecule has 0 bridgehead atoms. The summed E-state index contributed by atoms with van der Waals surface area (Å²) in [5.74, 6) is 0.891. The van der Waals surface area contributed by atoms with Crippen molar-refractivity contribution in [3.05, 3.63) is 21.9 Å². The highest BCUT2D eigenvalue weighted by Gasteiger charge is 2.31. The molecular weight excluding hydrogens is 318 g/mol. The monoisotopic (exact) mass is 343 g/mol. The third kappa shape index (κ3) is 4.81. The summed E-state index contributed by atoms with van der Waals surface area (Å²) in [7, 11) is -2.92. The highest BCUT2D eigenvalue weighted by Crippen LogP contribution is 2.24. The summed E-state index contributed by atoms with van der Waals surface area (Å²) in [5.41, 5.74) is 1.22. The zero-order chi connectivity index (χ0) is 16.3. The summed E-state index contributed by atoms with van der Waals surface area (Å²) < 4.78 is 23.1. The van der Waals surface area contributed by atoms with E-state index >= 15 is 0 Å². The minimum absolute atomic E-state index is 0.00315. The summed E-state index contributed by atoms with van der Waals surface area (Å²) in [5, 5.41) is 2.05. The van der Waals surface area contributed by atoms with E-state index in [1.165, 1.54) is 10.4 Å². The fraction of sp³-hybridized carbons (Fsp3) is 0.688. The Bertz CT molecular complexity index is 619. The van der Waals surface area contributed by atoms with Crippen molar-refractivity contribution in [1.82, 2.24) is 4.90 Å². The number of hydrogen-bond acceptors (Lipinski definition) is 4. The molecule has 1 aromatic heterocycles. The lowest BCUT2D eigenvalue weighted by Gasteiger charge is -2.25. The number of carbonyl (C=O) groups excluding carboxylic acids is 1. The molecular formula is C16H25NO3S2. The van der Waals surface area contributed by atoms with Crippen molar-refractivity contribution < 1.29 is 13.2 Å². The van der Waals surface area contributed by atoms with Crippen molar-refractivity contribution in [1.29, 1.82) is 0 Å². The third-order valence-electron chi connectivity index (χ3n) is 4.03. The molecule has 1 fully saturated rings. The molecule has 0 aromatic carbocycles. The Balaban J connectivity index is 2.01. The Labute approximate surface area is 137 Å². The van der Waals surface area contributed by atoms with Crippen LogP contribution in [0.3, 0.4) is 0 Å². The molecule has 1 atom stereocenters. The van der Waals surface area contributed by atoms with Crippen LogP contribution in [0.2, 0.25) is 0 Å². The molecule has 4 nitrogen and oxygen atoms in total. The van der Waals surface area contributed by atoms with E-state index in [1.807, 2.05) is 10.3 Å². The summed E-state index contributed by atoms with van der Waals surface area (Å²) in [4.78, 5) is 15.7. The van der Waals surface area contributed by atoms with Crippen LogP contribution in [-0.2, 0) is 21.2 Å². The molecule has 0 saturated carbocycles. The van der Waals surface area contributed by atoms with Gasteiger partial charge >= 0.3 is 0 Å². The normalized spacial score (nSPS) is 20.5. The van der Waals surface area contributed by atoms with Gasteiger partial charge in [0.05, 0.1) is 18.1 Å². The van der Waals surface area contributed by atoms with Crippen LogP contribution < -0.4 is 0 Å². The molecule has 2 heterocycles. The van der Waals surface area contributed by atoms with Gasteiger partial charge in [-0.2, -0.15) is 0 Å². The van der Waals surface area contributed by atoms with Crippen molar-refractivity contribution in [3.8, 4) is 0 Å². The maximum atomic E-state index is 12.6. The predicted octanol–water partition coefficient (Wildman–Crippen LogP) is 2.87. The van der Waals surface area contributed by atoms with Crippen LogP contribution in [-0.4, -0.2) is 37.3 Å². The van der Waals surface area contributed by atoms with Gasteiger partial charge in [-0.1, -0.05) is 13.8 Å². The molecule has 1 saturated heterocycles. The number of rotatable bonds is 6. The first-order valence-electron chi connectivity index (χ1n) is 7.78. The smallest absolute Gasteiger partial charge is 0.223 e. The highest BCUT2D eigenvalue weighted by molar-refractivity contribution is 7.91. The van der Waals surface area contributed by atoms with E-state index < -0.39 is 9.84 Å². The minimum atomic E-state index is -2.92. The minimum Gasteiger partial charge on any atom is -0.337 e. The zero-order valence-electron chi connectivity index (χ0n) is 13.5. The van der Waals surface area contributed by atoms with Gasteiger partial charge in [-0.15, -0.1) is 11.3 Å². The van der Waals surface area contributed by atoms with Crippen LogP contribution >= 0.6 is 11.3 Å². The average Bonchev–Trinajstić information content (AvgIpc) is 2.94. The second-order valence-corrected chi connectivity index (χ2v) is 9.90. The SMILES string of the molecule is Cc1ccsc1CN(CC(C)C)C(=O)C[C@H]1CCS(=O)(=O)C1. The van der Waals surface area contributed by atoms with Gasteiger partial charge in [0.25, 0.3) is 0 Å². The van der Waals surface area contributed by atoms with Gasteiger partial charge in [-0.25, -0.2) is 8.42 Å². The Kier molecular flexibility index (Phi) is 5.66. The molecule has 0 unspecified atom stereocenters. The van der Waals surface area contributed by atoms with Crippen LogP contribution in [0.1, 0.15) is 37.1 Å². The van der Waals surface area contributed by atoms with E-state index in [-0.39, 0.29) is 23.3 Å². The second kappa shape index (κ2) is 7.13. The molecule has 6 heteroatoms. The van der Waals surface area contributed by atoms with Crippen LogP contribution in [0, 0.1) is 18.8 Å². The first-order valence-corrected chi connectivity index (χ1v) is 10.5. The number of amides is 1. The molecule has 124 valence electrons. The van der Waals surface area contributed by atoms with Crippen molar-refractivity contribution in [2.24, 2.45) is 11.8 Å². The molecule has 0 spiro atoms. The molecule has 0 aliphatic carbocycles. The molecule has 2 rings (SSSR count). The lowest BCUT2D eigenvalue weighted by Crippen LogP contribution is -2.35. The number of aryl methyl sites for hydroxylation is 1. The molecule has 1 aliphatic heterocycles. The summed E-state index contributed by atoms with van der Waals surface area (Å²) >= 11 is 1.68. The molecule has 1 aromatic rings. The average molecular weight is 344 g/mol. The van der Waals surface area contributed by atoms with Gasteiger partial charge in [-0.3, -0.25) is 4.79 Å². The van der Waals surface area contributed by atoms with Crippen LogP contribution in [0.4, 0.5) is 0 Å². The van der Waals surface area contributed by atoms with Gasteiger partial charge in [0.2, 0.25) is 5.91 Å². The van der Waals surface area contributed by atoms with Gasteiger partial charge in [-0.05, 0) is 42.2 Å². The number of thiophene rings is 1. The highest BCUT2D eigenvalue weighted by atomic mass is 32.2. The predicted molar refractivity (Wildman–Crippen MR) is 90.7 cm³/mol. The summed E-state index contributed by atoms with van der Waals surface area (Å²) in [6, 6.07) is 2.07. The largest absolute Gasteiger partial charge is 0.337 e. The van der Waals surface area contributed by atoms with Crippen molar-refractivity contribution >= 4 is 27.1 Å². The van der Waals surface area contributed by atoms with Gasteiger partial charge < -0.3 is 4.90 Å². The Morgan fingerprint density at radius 1 is 1.45 bits per heavy atom. The maximum Gasteiger partial charge on any atom is 0.223 e. The number of hydrogen-bond donors (Lipinski definition) is 0. The van der Waals surface area contributed by atoms with Crippen molar-refractivity contribution in [3.63, 3.8) is 0 Å². The third-order valence-corrected chi connectivity index (χ3v) is 6.88. The zero-order valence-corrected chi connectivity index (χ0v) is 15.2. The van der Waals surface area contributed by atoms with E-state index in [4.69, 9.17) is 0 Å². The van der Waals surface area contributed by atoms with E-state index in [1.54, 1.807) is 11.3 Å². The molecule has 0 radical (unpaired) electrons. The van der Waals surface area contributed by atoms with E-state index in [9.17, 15) is 13.2 Å². The molecule has 0 N–H and O–H groups in total. The molecule has 22 heavy (non-hydrogen) atoms. The topological polar surface area (TPSA) is 54.5 Å². The fourth-order valence-electron chi connectivity index (χ4n) is 2.84. The van der Waals surface area contributed by atoms with Crippen LogP contribution in [0.15, 0.2) is 11.4 Å². The van der Waals surface area contributed by atoms with E-state index in [0.29, 0.717) is 25.3 Å². The Morgan fingerprint density at radius 2 is 2.18 bits per heavy atom. The Morgan fingerprint density at radius 3 is 2.68 bits per heavy atom. The van der Waals surface area contributed by atoms with Gasteiger partial charge in [0.1, 0.15) is 0 Å². The van der Waals surface area contributed by atoms with Crippen molar-refractivity contribution in [2.75, 3.05) is 18.1 Å².